The second kappa shape index (κ2) is 9.58. The summed E-state index contributed by atoms with van der Waals surface area (Å²) >= 11 is 0. The van der Waals surface area contributed by atoms with Gasteiger partial charge in [-0.25, -0.2) is 12.7 Å². The van der Waals surface area contributed by atoms with E-state index in [2.05, 4.69) is 17.3 Å². The van der Waals surface area contributed by atoms with Crippen LogP contribution in [0.4, 0.5) is 11.4 Å². The molecule has 0 saturated carbocycles. The van der Waals surface area contributed by atoms with E-state index in [1.54, 1.807) is 36.5 Å². The van der Waals surface area contributed by atoms with Gasteiger partial charge >= 0.3 is 0 Å². The summed E-state index contributed by atoms with van der Waals surface area (Å²) in [4.78, 5) is 12.7. The second-order valence-corrected chi connectivity index (χ2v) is 8.06. The van der Waals surface area contributed by atoms with E-state index in [-0.39, 0.29) is 5.91 Å². The van der Waals surface area contributed by atoms with Crippen molar-refractivity contribution < 1.29 is 13.2 Å². The van der Waals surface area contributed by atoms with Gasteiger partial charge in [-0.1, -0.05) is 30.7 Å². The molecule has 30 heavy (non-hydrogen) atoms. The molecule has 0 atom stereocenters. The van der Waals surface area contributed by atoms with E-state index in [0.717, 1.165) is 29.7 Å². The number of aromatic nitrogens is 2. The van der Waals surface area contributed by atoms with Crippen molar-refractivity contribution in [1.82, 2.24) is 15.1 Å². The van der Waals surface area contributed by atoms with E-state index >= 15 is 0 Å². The van der Waals surface area contributed by atoms with Crippen LogP contribution in [0.2, 0.25) is 0 Å². The van der Waals surface area contributed by atoms with Gasteiger partial charge in [0.25, 0.3) is 5.91 Å². The summed E-state index contributed by atoms with van der Waals surface area (Å²) in [6.07, 6.45) is 4.63. The van der Waals surface area contributed by atoms with Crippen LogP contribution in [0, 0.1) is 13.8 Å². The van der Waals surface area contributed by atoms with E-state index in [9.17, 15) is 13.2 Å². The first-order valence-corrected chi connectivity index (χ1v) is 10.9. The molecular weight excluding hydrogens is 400 g/mol. The molecule has 1 aromatic heterocycles. The number of nitrogens with zero attached hydrogens (tertiary/aromatic N) is 3. The first-order valence-electron chi connectivity index (χ1n) is 9.80. The quantitative estimate of drug-likeness (QED) is 0.540. The van der Waals surface area contributed by atoms with E-state index < -0.39 is 10.9 Å². The number of rotatable bonds is 8. The zero-order valence-electron chi connectivity index (χ0n) is 17.3. The van der Waals surface area contributed by atoms with Crippen LogP contribution in [0.25, 0.3) is 0 Å². The Morgan fingerprint density at radius 2 is 1.87 bits per heavy atom. The summed E-state index contributed by atoms with van der Waals surface area (Å²) in [6.45, 7) is 7.01. The molecule has 0 bridgehead atoms. The number of carbonyl (C=O) groups is 1. The number of hydrogen-bond acceptors (Lipinski definition) is 4. The Kier molecular flexibility index (Phi) is 6.89. The van der Waals surface area contributed by atoms with E-state index in [4.69, 9.17) is 0 Å². The SMILES string of the molecule is CCCn1cc(CNC(=O)c2ccc(C)c(N(c3ccc(C)cc3)[SH](=O)=O)c2)cn1. The number of carbonyl (C=O) groups excluding carboxylic acids is 1. The zero-order valence-corrected chi connectivity index (χ0v) is 18.2. The molecule has 2 aromatic carbocycles. The fraction of sp³-hybridized carbons (Fsp3) is 0.273. The predicted octanol–water partition coefficient (Wildman–Crippen LogP) is 3.50. The summed E-state index contributed by atoms with van der Waals surface area (Å²) in [5.41, 5.74) is 4.08. The van der Waals surface area contributed by atoms with Crippen molar-refractivity contribution in [3.63, 3.8) is 0 Å². The molecule has 7 nitrogen and oxygen atoms in total. The topological polar surface area (TPSA) is 84.3 Å². The first-order chi connectivity index (χ1) is 14.4. The Bertz CT molecular complexity index is 1100. The number of anilines is 2. The third-order valence-electron chi connectivity index (χ3n) is 4.73. The molecule has 1 heterocycles. The lowest BCUT2D eigenvalue weighted by molar-refractivity contribution is 0.0951. The average molecular weight is 427 g/mol. The zero-order chi connectivity index (χ0) is 21.7. The number of amides is 1. The Labute approximate surface area is 178 Å². The smallest absolute Gasteiger partial charge is 0.251 e. The second-order valence-electron chi connectivity index (χ2n) is 7.18. The van der Waals surface area contributed by atoms with Crippen molar-refractivity contribution in [3.05, 3.63) is 77.1 Å². The Hall–Kier alpha value is -3.13. The molecule has 3 rings (SSSR count). The number of benzene rings is 2. The van der Waals surface area contributed by atoms with E-state index in [0.29, 0.717) is 23.5 Å². The summed E-state index contributed by atoms with van der Waals surface area (Å²) in [7, 11) is -2.93. The molecule has 0 spiro atoms. The average Bonchev–Trinajstić information content (AvgIpc) is 3.17. The van der Waals surface area contributed by atoms with Crippen molar-refractivity contribution in [2.24, 2.45) is 0 Å². The van der Waals surface area contributed by atoms with Gasteiger partial charge in [0.1, 0.15) is 0 Å². The monoisotopic (exact) mass is 426 g/mol. The van der Waals surface area contributed by atoms with Gasteiger partial charge in [0, 0.05) is 30.4 Å². The molecule has 1 N–H and O–H groups in total. The minimum absolute atomic E-state index is 0.274. The van der Waals surface area contributed by atoms with Crippen LogP contribution in [0.15, 0.2) is 54.9 Å². The highest BCUT2D eigenvalue weighted by Crippen LogP contribution is 2.30. The van der Waals surface area contributed by atoms with Crippen LogP contribution in [0.1, 0.15) is 40.4 Å². The van der Waals surface area contributed by atoms with Crippen LogP contribution in [-0.4, -0.2) is 24.1 Å². The van der Waals surface area contributed by atoms with Crippen LogP contribution in [0.3, 0.4) is 0 Å². The lowest BCUT2D eigenvalue weighted by atomic mass is 10.1. The van der Waals surface area contributed by atoms with Crippen molar-refractivity contribution in [1.29, 1.82) is 0 Å². The van der Waals surface area contributed by atoms with Gasteiger partial charge in [-0.05, 0) is 50.1 Å². The summed E-state index contributed by atoms with van der Waals surface area (Å²) in [5.74, 6) is -0.274. The van der Waals surface area contributed by atoms with Gasteiger partial charge < -0.3 is 5.32 Å². The summed E-state index contributed by atoms with van der Waals surface area (Å²) in [5, 5.41) is 7.13. The van der Waals surface area contributed by atoms with Crippen molar-refractivity contribution >= 4 is 28.2 Å². The van der Waals surface area contributed by atoms with Gasteiger partial charge in [0.15, 0.2) is 0 Å². The van der Waals surface area contributed by atoms with Gasteiger partial charge in [0.05, 0.1) is 17.6 Å². The molecule has 1 amide bonds. The highest BCUT2D eigenvalue weighted by molar-refractivity contribution is 7.74. The predicted molar refractivity (Wildman–Crippen MR) is 119 cm³/mol. The minimum atomic E-state index is -2.93. The molecule has 0 radical (unpaired) electrons. The van der Waals surface area contributed by atoms with Crippen LogP contribution in [-0.2, 0) is 24.0 Å². The molecule has 0 aliphatic heterocycles. The lowest BCUT2D eigenvalue weighted by Gasteiger charge is -2.21. The first kappa shape index (κ1) is 21.6. The third-order valence-corrected chi connectivity index (χ3v) is 5.51. The molecule has 158 valence electrons. The van der Waals surface area contributed by atoms with Gasteiger partial charge in [-0.3, -0.25) is 9.48 Å². The van der Waals surface area contributed by atoms with Crippen LogP contribution >= 0.6 is 0 Å². The fourth-order valence-corrected chi connectivity index (χ4v) is 3.83. The molecule has 0 saturated heterocycles. The third kappa shape index (κ3) is 5.07. The molecule has 0 aliphatic rings. The number of thiol groups is 1. The minimum Gasteiger partial charge on any atom is -0.348 e. The van der Waals surface area contributed by atoms with Crippen molar-refractivity contribution in [2.75, 3.05) is 4.31 Å². The van der Waals surface area contributed by atoms with Crippen molar-refractivity contribution in [2.45, 2.75) is 40.3 Å². The Balaban J connectivity index is 1.82. The highest BCUT2D eigenvalue weighted by Gasteiger charge is 2.17. The van der Waals surface area contributed by atoms with E-state index in [1.807, 2.05) is 36.9 Å². The Morgan fingerprint density at radius 3 is 2.53 bits per heavy atom. The number of aryl methyl sites for hydroxylation is 3. The molecule has 0 aliphatic carbocycles. The summed E-state index contributed by atoms with van der Waals surface area (Å²) in [6, 6.07) is 12.3. The van der Waals surface area contributed by atoms with E-state index in [1.165, 1.54) is 4.31 Å². The molecule has 0 unspecified atom stereocenters. The number of nitrogens with one attached hydrogen (secondary N) is 1. The molecule has 3 aromatic rings. The molecule has 0 fully saturated rings. The highest BCUT2D eigenvalue weighted by atomic mass is 32.2. The van der Waals surface area contributed by atoms with Crippen molar-refractivity contribution in [3.8, 4) is 0 Å². The van der Waals surface area contributed by atoms with Crippen LogP contribution in [0.5, 0.6) is 0 Å². The maximum atomic E-state index is 12.7. The van der Waals surface area contributed by atoms with Gasteiger partial charge in [0.2, 0.25) is 10.9 Å². The summed E-state index contributed by atoms with van der Waals surface area (Å²) < 4.78 is 27.2. The largest absolute Gasteiger partial charge is 0.348 e. The normalized spacial score (nSPS) is 10.9. The number of hydrogen-bond donors (Lipinski definition) is 2. The Morgan fingerprint density at radius 1 is 1.13 bits per heavy atom. The van der Waals surface area contributed by atoms with Gasteiger partial charge in [-0.15, -0.1) is 0 Å². The maximum absolute atomic E-state index is 12.7. The fourth-order valence-electron chi connectivity index (χ4n) is 3.12. The molecular formula is C22H26N4O3S. The maximum Gasteiger partial charge on any atom is 0.251 e. The van der Waals surface area contributed by atoms with Crippen LogP contribution < -0.4 is 9.62 Å². The molecule has 8 heteroatoms. The lowest BCUT2D eigenvalue weighted by Crippen LogP contribution is -2.23. The standard InChI is InChI=1S/C22H26N4O3S/c1-4-11-25-15-18(14-24-25)13-23-22(27)19-8-7-17(3)21(12-19)26(30(28)29)20-9-5-16(2)6-10-20/h5-10,12,14-15,30H,4,11,13H2,1-3H3,(H,23,27). The van der Waals surface area contributed by atoms with Gasteiger partial charge in [-0.2, -0.15) is 5.10 Å².